The van der Waals surface area contributed by atoms with E-state index in [4.69, 9.17) is 0 Å². The molecule has 0 heterocycles. The molecule has 4 nitrogen and oxygen atoms in total. The molecular weight excluding hydrogens is 364 g/mol. The maximum absolute atomic E-state index is 12.2. The van der Waals surface area contributed by atoms with Gasteiger partial charge in [-0.25, -0.2) is 13.1 Å². The van der Waals surface area contributed by atoms with E-state index in [0.717, 1.165) is 16.6 Å². The molecule has 0 saturated heterocycles. The van der Waals surface area contributed by atoms with Crippen molar-refractivity contribution < 1.29 is 8.42 Å². The van der Waals surface area contributed by atoms with Gasteiger partial charge in [-0.05, 0) is 43.4 Å². The van der Waals surface area contributed by atoms with Crippen molar-refractivity contribution in [2.45, 2.75) is 18.0 Å². The summed E-state index contributed by atoms with van der Waals surface area (Å²) in [6.45, 7) is 1.14. The van der Waals surface area contributed by atoms with Crippen molar-refractivity contribution in [2.24, 2.45) is 0 Å². The van der Waals surface area contributed by atoms with Crippen molar-refractivity contribution in [3.8, 4) is 0 Å². The zero-order valence-corrected chi connectivity index (χ0v) is 15.0. The molecule has 0 aromatic heterocycles. The smallest absolute Gasteiger partial charge is 0.240 e. The lowest BCUT2D eigenvalue weighted by molar-refractivity contribution is 0.402. The van der Waals surface area contributed by atoms with Crippen molar-refractivity contribution in [2.75, 3.05) is 14.1 Å². The van der Waals surface area contributed by atoms with Crippen LogP contribution in [0.2, 0.25) is 0 Å². The second kappa shape index (κ2) is 7.37. The highest BCUT2D eigenvalue weighted by molar-refractivity contribution is 9.10. The van der Waals surface area contributed by atoms with Gasteiger partial charge in [0.1, 0.15) is 0 Å². The van der Waals surface area contributed by atoms with E-state index in [2.05, 4.69) is 25.6 Å². The Bertz CT molecular complexity index is 728. The van der Waals surface area contributed by atoms with Crippen LogP contribution in [-0.4, -0.2) is 27.4 Å². The molecule has 0 aliphatic rings. The van der Waals surface area contributed by atoms with Crippen LogP contribution < -0.4 is 4.72 Å². The SMILES string of the molecule is CN(C)Cc1ccc(CNS(=O)(=O)c2cccc(Br)c2)cc1. The Morgan fingerprint density at radius 2 is 1.68 bits per heavy atom. The average Bonchev–Trinajstić information content (AvgIpc) is 2.46. The van der Waals surface area contributed by atoms with E-state index < -0.39 is 10.0 Å². The third-order valence-corrected chi connectivity index (χ3v) is 4.99. The van der Waals surface area contributed by atoms with Gasteiger partial charge < -0.3 is 4.90 Å². The lowest BCUT2D eigenvalue weighted by Crippen LogP contribution is -2.23. The number of hydrogen-bond donors (Lipinski definition) is 1. The normalized spacial score (nSPS) is 11.8. The highest BCUT2D eigenvalue weighted by atomic mass is 79.9. The molecule has 0 aliphatic heterocycles. The van der Waals surface area contributed by atoms with E-state index in [0.29, 0.717) is 0 Å². The number of sulfonamides is 1. The summed E-state index contributed by atoms with van der Waals surface area (Å²) in [5, 5.41) is 0. The molecule has 0 spiro atoms. The molecule has 0 aliphatic carbocycles. The molecule has 0 atom stereocenters. The molecule has 6 heteroatoms. The molecule has 0 unspecified atom stereocenters. The van der Waals surface area contributed by atoms with Crippen LogP contribution in [0.15, 0.2) is 57.9 Å². The van der Waals surface area contributed by atoms with Gasteiger partial charge in [0.15, 0.2) is 0 Å². The van der Waals surface area contributed by atoms with Crippen molar-refractivity contribution in [3.05, 3.63) is 64.1 Å². The first-order valence-corrected chi connectivity index (χ1v) is 9.12. The fourth-order valence-electron chi connectivity index (χ4n) is 2.02. The fourth-order valence-corrected chi connectivity index (χ4v) is 3.64. The van der Waals surface area contributed by atoms with Gasteiger partial charge in [-0.1, -0.05) is 46.3 Å². The summed E-state index contributed by atoms with van der Waals surface area (Å²) in [6.07, 6.45) is 0. The molecule has 0 amide bonds. The Hall–Kier alpha value is -1.21. The summed E-state index contributed by atoms with van der Waals surface area (Å²) in [7, 11) is 0.530. The minimum Gasteiger partial charge on any atom is -0.305 e. The van der Waals surface area contributed by atoms with Crippen LogP contribution in [-0.2, 0) is 23.1 Å². The second-order valence-corrected chi connectivity index (χ2v) is 8.02. The minimum absolute atomic E-state index is 0.256. The summed E-state index contributed by atoms with van der Waals surface area (Å²) in [5.41, 5.74) is 2.13. The molecule has 2 aromatic rings. The van der Waals surface area contributed by atoms with E-state index in [-0.39, 0.29) is 11.4 Å². The van der Waals surface area contributed by atoms with E-state index in [1.54, 1.807) is 24.3 Å². The molecular formula is C16H19BrN2O2S. The summed E-state index contributed by atoms with van der Waals surface area (Å²) in [6, 6.07) is 14.6. The number of nitrogens with zero attached hydrogens (tertiary/aromatic N) is 1. The Kier molecular flexibility index (Phi) is 5.74. The molecule has 22 heavy (non-hydrogen) atoms. The van der Waals surface area contributed by atoms with Crippen molar-refractivity contribution >= 4 is 26.0 Å². The molecule has 2 rings (SSSR count). The quantitative estimate of drug-likeness (QED) is 0.835. The number of nitrogens with one attached hydrogen (secondary N) is 1. The standard InChI is InChI=1S/C16H19BrN2O2S/c1-19(2)12-14-8-6-13(7-9-14)11-18-22(20,21)16-5-3-4-15(17)10-16/h3-10,18H,11-12H2,1-2H3. The predicted molar refractivity (Wildman–Crippen MR) is 92.0 cm³/mol. The largest absolute Gasteiger partial charge is 0.305 e. The summed E-state index contributed by atoms with van der Waals surface area (Å²) >= 11 is 3.28. The minimum atomic E-state index is -3.50. The predicted octanol–water partition coefficient (Wildman–Crippen LogP) is 2.99. The van der Waals surface area contributed by atoms with Crippen LogP contribution in [0.4, 0.5) is 0 Å². The van der Waals surface area contributed by atoms with Gasteiger partial charge in [-0.2, -0.15) is 0 Å². The Labute approximate surface area is 140 Å². The van der Waals surface area contributed by atoms with Crippen molar-refractivity contribution in [3.63, 3.8) is 0 Å². The first-order chi connectivity index (χ1) is 10.4. The fraction of sp³-hybridized carbons (Fsp3) is 0.250. The van der Waals surface area contributed by atoms with Crippen LogP contribution in [0.5, 0.6) is 0 Å². The highest BCUT2D eigenvalue weighted by Crippen LogP contribution is 2.16. The van der Waals surface area contributed by atoms with E-state index >= 15 is 0 Å². The molecule has 0 fully saturated rings. The highest BCUT2D eigenvalue weighted by Gasteiger charge is 2.13. The van der Waals surface area contributed by atoms with Gasteiger partial charge in [0, 0.05) is 17.6 Å². The zero-order valence-electron chi connectivity index (χ0n) is 12.6. The number of hydrogen-bond acceptors (Lipinski definition) is 3. The molecule has 1 N–H and O–H groups in total. The molecule has 0 radical (unpaired) electrons. The van der Waals surface area contributed by atoms with Crippen LogP contribution in [0.25, 0.3) is 0 Å². The summed E-state index contributed by atoms with van der Waals surface area (Å²) < 4.78 is 27.8. The van der Waals surface area contributed by atoms with Crippen molar-refractivity contribution in [1.29, 1.82) is 0 Å². The van der Waals surface area contributed by atoms with Gasteiger partial charge in [0.2, 0.25) is 10.0 Å². The number of halogens is 1. The average molecular weight is 383 g/mol. The zero-order chi connectivity index (χ0) is 16.2. The third kappa shape index (κ3) is 4.91. The molecule has 2 aromatic carbocycles. The van der Waals surface area contributed by atoms with Gasteiger partial charge in [-0.15, -0.1) is 0 Å². The second-order valence-electron chi connectivity index (χ2n) is 5.34. The van der Waals surface area contributed by atoms with Gasteiger partial charge in [0.05, 0.1) is 4.90 Å². The van der Waals surface area contributed by atoms with E-state index in [9.17, 15) is 8.42 Å². The third-order valence-electron chi connectivity index (χ3n) is 3.09. The maximum atomic E-state index is 12.2. The van der Waals surface area contributed by atoms with Crippen LogP contribution >= 0.6 is 15.9 Å². The lowest BCUT2D eigenvalue weighted by atomic mass is 10.1. The maximum Gasteiger partial charge on any atom is 0.240 e. The Morgan fingerprint density at radius 1 is 1.05 bits per heavy atom. The van der Waals surface area contributed by atoms with Crippen LogP contribution in [0, 0.1) is 0 Å². The topological polar surface area (TPSA) is 49.4 Å². The van der Waals surface area contributed by atoms with Crippen LogP contribution in [0.3, 0.4) is 0 Å². The number of benzene rings is 2. The van der Waals surface area contributed by atoms with Crippen molar-refractivity contribution in [1.82, 2.24) is 9.62 Å². The monoisotopic (exact) mass is 382 g/mol. The lowest BCUT2D eigenvalue weighted by Gasteiger charge is -2.11. The summed E-state index contributed by atoms with van der Waals surface area (Å²) in [5.74, 6) is 0. The van der Waals surface area contributed by atoms with Gasteiger partial charge in [-0.3, -0.25) is 0 Å². The first kappa shape index (κ1) is 17.1. The molecule has 0 saturated carbocycles. The van der Waals surface area contributed by atoms with Crippen LogP contribution in [0.1, 0.15) is 11.1 Å². The molecule has 118 valence electrons. The van der Waals surface area contributed by atoms with E-state index in [1.807, 2.05) is 38.4 Å². The Balaban J connectivity index is 2.03. The number of rotatable bonds is 6. The Morgan fingerprint density at radius 3 is 2.27 bits per heavy atom. The first-order valence-electron chi connectivity index (χ1n) is 6.84. The molecule has 0 bridgehead atoms. The van der Waals surface area contributed by atoms with E-state index in [1.165, 1.54) is 5.56 Å². The van der Waals surface area contributed by atoms with Gasteiger partial charge in [0.25, 0.3) is 0 Å². The summed E-state index contributed by atoms with van der Waals surface area (Å²) in [4.78, 5) is 2.34. The van der Waals surface area contributed by atoms with Gasteiger partial charge >= 0.3 is 0 Å².